The van der Waals surface area contributed by atoms with Gasteiger partial charge in [0.2, 0.25) is 0 Å². The van der Waals surface area contributed by atoms with E-state index in [1.807, 2.05) is 24.5 Å². The van der Waals surface area contributed by atoms with E-state index in [-0.39, 0.29) is 0 Å². The van der Waals surface area contributed by atoms with Crippen molar-refractivity contribution in [2.75, 3.05) is 0 Å². The van der Waals surface area contributed by atoms with Gasteiger partial charge in [-0.1, -0.05) is 29.6 Å². The quantitative estimate of drug-likeness (QED) is 0.753. The number of aromatic nitrogens is 3. The summed E-state index contributed by atoms with van der Waals surface area (Å²) >= 11 is 7.54. The molecule has 0 spiro atoms. The number of aromatic amines is 1. The number of hydrogen-bond acceptors (Lipinski definition) is 5. The van der Waals surface area contributed by atoms with Gasteiger partial charge in [0.1, 0.15) is 0 Å². The number of nitrogens with one attached hydrogen (secondary N) is 1. The van der Waals surface area contributed by atoms with E-state index in [1.54, 1.807) is 0 Å². The highest BCUT2D eigenvalue weighted by Crippen LogP contribution is 2.39. The van der Waals surface area contributed by atoms with E-state index >= 15 is 0 Å². The Hall–Kier alpha value is -1.63. The van der Waals surface area contributed by atoms with Crippen LogP contribution in [-0.4, -0.2) is 15.1 Å². The molecule has 0 aromatic carbocycles. The van der Waals surface area contributed by atoms with Crippen molar-refractivity contribution in [1.29, 1.82) is 0 Å². The van der Waals surface area contributed by atoms with Crippen LogP contribution in [-0.2, 0) is 5.54 Å². The molecule has 0 saturated heterocycles. The molecule has 0 amide bonds. The van der Waals surface area contributed by atoms with Gasteiger partial charge in [-0.05, 0) is 25.0 Å². The van der Waals surface area contributed by atoms with Gasteiger partial charge in [0.15, 0.2) is 5.82 Å². The number of nitrogens with two attached hydrogens (primary N) is 1. The highest BCUT2D eigenvalue weighted by Gasteiger charge is 2.36. The van der Waals surface area contributed by atoms with Crippen LogP contribution in [0, 0.1) is 0 Å². The Morgan fingerprint density at radius 1 is 1.23 bits per heavy atom. The lowest BCUT2D eigenvalue weighted by atomic mass is 9.98. The Bertz CT molecular complexity index is 800. The summed E-state index contributed by atoms with van der Waals surface area (Å²) in [6.07, 6.45) is 7.82. The highest BCUT2D eigenvalue weighted by molar-refractivity contribution is 7.19. The minimum atomic E-state index is -0.440. The third-order valence-electron chi connectivity index (χ3n) is 4.18. The summed E-state index contributed by atoms with van der Waals surface area (Å²) in [5.41, 5.74) is 7.83. The molecule has 5 nitrogen and oxygen atoms in total. The molecule has 3 N–H and O–H groups in total. The SMILES string of the molecule is NC1(c2noc(-c3c[nH]cc3-c3ccc(Cl)s3)n2)CCCC1. The fourth-order valence-corrected chi connectivity index (χ4v) is 4.04. The number of H-pyrrole nitrogens is 1. The van der Waals surface area contributed by atoms with Gasteiger partial charge in [-0.25, -0.2) is 0 Å². The summed E-state index contributed by atoms with van der Waals surface area (Å²) in [5.74, 6) is 1.10. The molecular formula is C15H15ClN4OS. The van der Waals surface area contributed by atoms with E-state index in [0.29, 0.717) is 11.7 Å². The molecule has 0 radical (unpaired) electrons. The first kappa shape index (κ1) is 14.0. The lowest BCUT2D eigenvalue weighted by Gasteiger charge is -2.17. The van der Waals surface area contributed by atoms with Crippen LogP contribution >= 0.6 is 22.9 Å². The number of rotatable bonds is 3. The molecule has 3 heterocycles. The second-order valence-corrected chi connectivity index (χ2v) is 7.39. The molecule has 0 unspecified atom stereocenters. The van der Waals surface area contributed by atoms with Crippen molar-refractivity contribution in [3.63, 3.8) is 0 Å². The molecule has 1 aliphatic rings. The Morgan fingerprint density at radius 3 is 2.73 bits per heavy atom. The standard InChI is InChI=1S/C15H15ClN4OS/c16-12-4-3-11(22-12)9-7-18-8-10(9)13-19-14(20-21-13)15(17)5-1-2-6-15/h3-4,7-8,18H,1-2,5-6,17H2. The molecule has 22 heavy (non-hydrogen) atoms. The number of thiophene rings is 1. The number of nitrogens with zero attached hydrogens (tertiary/aromatic N) is 2. The third-order valence-corrected chi connectivity index (χ3v) is 5.45. The topological polar surface area (TPSA) is 80.7 Å². The first-order valence-corrected chi connectivity index (χ1v) is 8.41. The number of halogens is 1. The first-order valence-electron chi connectivity index (χ1n) is 7.22. The van der Waals surface area contributed by atoms with Crippen LogP contribution in [0.1, 0.15) is 31.5 Å². The summed E-state index contributed by atoms with van der Waals surface area (Å²) in [7, 11) is 0. The fourth-order valence-electron chi connectivity index (χ4n) is 2.97. The lowest BCUT2D eigenvalue weighted by Crippen LogP contribution is -2.34. The Morgan fingerprint density at radius 2 is 2.00 bits per heavy atom. The van der Waals surface area contributed by atoms with Crippen LogP contribution in [0.3, 0.4) is 0 Å². The van der Waals surface area contributed by atoms with Crippen molar-refractivity contribution < 1.29 is 4.52 Å². The van der Waals surface area contributed by atoms with Crippen molar-refractivity contribution in [3.05, 3.63) is 34.7 Å². The zero-order valence-electron chi connectivity index (χ0n) is 11.8. The first-order chi connectivity index (χ1) is 10.7. The summed E-state index contributed by atoms with van der Waals surface area (Å²) in [6.45, 7) is 0. The molecule has 114 valence electrons. The monoisotopic (exact) mass is 334 g/mol. The molecule has 0 atom stereocenters. The zero-order chi connectivity index (χ0) is 15.2. The second kappa shape index (κ2) is 5.22. The van der Waals surface area contributed by atoms with E-state index in [1.165, 1.54) is 11.3 Å². The Kier molecular flexibility index (Phi) is 3.32. The van der Waals surface area contributed by atoms with Gasteiger partial charge < -0.3 is 15.2 Å². The van der Waals surface area contributed by atoms with Crippen molar-refractivity contribution in [2.45, 2.75) is 31.2 Å². The van der Waals surface area contributed by atoms with Crippen LogP contribution in [0.5, 0.6) is 0 Å². The average molecular weight is 335 g/mol. The summed E-state index contributed by atoms with van der Waals surface area (Å²) in [6, 6.07) is 3.86. The van der Waals surface area contributed by atoms with Crippen LogP contribution in [0.2, 0.25) is 4.34 Å². The van der Waals surface area contributed by atoms with Gasteiger partial charge in [0.25, 0.3) is 5.89 Å². The Labute approximate surface area is 136 Å². The van der Waals surface area contributed by atoms with Gasteiger partial charge >= 0.3 is 0 Å². The van der Waals surface area contributed by atoms with Crippen molar-refractivity contribution in [2.24, 2.45) is 5.73 Å². The molecule has 7 heteroatoms. The predicted octanol–water partition coefficient (Wildman–Crippen LogP) is 4.17. The predicted molar refractivity (Wildman–Crippen MR) is 86.7 cm³/mol. The normalized spacial score (nSPS) is 17.2. The average Bonchev–Trinajstić information content (AvgIpc) is 3.25. The Balaban J connectivity index is 1.72. The van der Waals surface area contributed by atoms with Crippen molar-refractivity contribution >= 4 is 22.9 Å². The maximum absolute atomic E-state index is 6.39. The van der Waals surface area contributed by atoms with Gasteiger partial charge in [-0.3, -0.25) is 0 Å². The van der Waals surface area contributed by atoms with Gasteiger partial charge in [-0.15, -0.1) is 11.3 Å². The fraction of sp³-hybridized carbons (Fsp3) is 0.333. The molecule has 0 bridgehead atoms. The summed E-state index contributed by atoms with van der Waals surface area (Å²) in [5, 5.41) is 4.12. The largest absolute Gasteiger partial charge is 0.366 e. The molecule has 0 aliphatic heterocycles. The van der Waals surface area contributed by atoms with Crippen LogP contribution < -0.4 is 5.73 Å². The summed E-state index contributed by atoms with van der Waals surface area (Å²) < 4.78 is 6.22. The molecule has 1 fully saturated rings. The smallest absolute Gasteiger partial charge is 0.260 e. The molecule has 1 aliphatic carbocycles. The van der Waals surface area contributed by atoms with E-state index in [9.17, 15) is 0 Å². The van der Waals surface area contributed by atoms with Crippen LogP contribution in [0.15, 0.2) is 29.0 Å². The van der Waals surface area contributed by atoms with E-state index in [2.05, 4.69) is 15.1 Å². The second-order valence-electron chi connectivity index (χ2n) is 5.67. The minimum absolute atomic E-state index is 0.440. The maximum atomic E-state index is 6.39. The minimum Gasteiger partial charge on any atom is -0.366 e. The van der Waals surface area contributed by atoms with Crippen LogP contribution in [0.25, 0.3) is 21.9 Å². The van der Waals surface area contributed by atoms with Gasteiger partial charge in [0.05, 0.1) is 15.4 Å². The van der Waals surface area contributed by atoms with Crippen molar-refractivity contribution in [3.8, 4) is 21.9 Å². The molecule has 3 aromatic heterocycles. The van der Waals surface area contributed by atoms with E-state index < -0.39 is 5.54 Å². The number of hydrogen-bond donors (Lipinski definition) is 2. The molecular weight excluding hydrogens is 320 g/mol. The zero-order valence-corrected chi connectivity index (χ0v) is 13.4. The maximum Gasteiger partial charge on any atom is 0.260 e. The third kappa shape index (κ3) is 2.27. The highest BCUT2D eigenvalue weighted by atomic mass is 35.5. The molecule has 3 aromatic rings. The van der Waals surface area contributed by atoms with E-state index in [4.69, 9.17) is 21.9 Å². The van der Waals surface area contributed by atoms with Gasteiger partial charge in [0, 0.05) is 22.8 Å². The summed E-state index contributed by atoms with van der Waals surface area (Å²) in [4.78, 5) is 8.71. The van der Waals surface area contributed by atoms with Crippen molar-refractivity contribution in [1.82, 2.24) is 15.1 Å². The van der Waals surface area contributed by atoms with Crippen LogP contribution in [0.4, 0.5) is 0 Å². The molecule has 1 saturated carbocycles. The lowest BCUT2D eigenvalue weighted by molar-refractivity contribution is 0.373. The molecule has 4 rings (SSSR count). The van der Waals surface area contributed by atoms with E-state index in [0.717, 1.165) is 46.0 Å². The van der Waals surface area contributed by atoms with Gasteiger partial charge in [-0.2, -0.15) is 4.98 Å².